The summed E-state index contributed by atoms with van der Waals surface area (Å²) in [5.41, 5.74) is 0.998. The molecule has 0 radical (unpaired) electrons. The molecule has 18 heavy (non-hydrogen) atoms. The molecule has 2 nitrogen and oxygen atoms in total. The number of furan rings is 1. The van der Waals surface area contributed by atoms with Crippen molar-refractivity contribution in [2.45, 2.75) is 38.1 Å². The number of nitrogens with one attached hydrogen (secondary N) is 1. The summed E-state index contributed by atoms with van der Waals surface area (Å²) in [5.74, 6) is 1.75. The van der Waals surface area contributed by atoms with Gasteiger partial charge in [-0.05, 0) is 50.1 Å². The molecule has 0 bridgehead atoms. The van der Waals surface area contributed by atoms with E-state index in [9.17, 15) is 0 Å². The number of halogens is 1. The zero-order valence-corrected chi connectivity index (χ0v) is 12.2. The lowest BCUT2D eigenvalue weighted by Crippen LogP contribution is -2.40. The van der Waals surface area contributed by atoms with Gasteiger partial charge in [0.15, 0.2) is 0 Å². The summed E-state index contributed by atoms with van der Waals surface area (Å²) in [6.45, 7) is 3.34. The highest BCUT2D eigenvalue weighted by Crippen LogP contribution is 2.39. The maximum atomic E-state index is 5.93. The molecule has 1 fully saturated rings. The Bertz CT molecular complexity index is 542. The highest BCUT2D eigenvalue weighted by molar-refractivity contribution is 9.10. The van der Waals surface area contributed by atoms with Crippen LogP contribution in [-0.2, 0) is 0 Å². The maximum Gasteiger partial charge on any atom is 0.134 e. The van der Waals surface area contributed by atoms with Crippen LogP contribution in [0.1, 0.15) is 37.9 Å². The summed E-state index contributed by atoms with van der Waals surface area (Å²) < 4.78 is 7.04. The Morgan fingerprint density at radius 1 is 1.33 bits per heavy atom. The Kier molecular flexibility index (Phi) is 3.44. The summed E-state index contributed by atoms with van der Waals surface area (Å²) >= 11 is 3.50. The molecule has 3 heteroatoms. The molecule has 3 rings (SSSR count). The van der Waals surface area contributed by atoms with E-state index in [0.29, 0.717) is 12.0 Å². The van der Waals surface area contributed by atoms with Gasteiger partial charge in [0, 0.05) is 21.8 Å². The topological polar surface area (TPSA) is 25.2 Å². The van der Waals surface area contributed by atoms with Crippen molar-refractivity contribution >= 4 is 26.9 Å². The fourth-order valence-electron chi connectivity index (χ4n) is 2.60. The van der Waals surface area contributed by atoms with E-state index in [-0.39, 0.29) is 0 Å². The van der Waals surface area contributed by atoms with Crippen molar-refractivity contribution in [1.29, 1.82) is 0 Å². The smallest absolute Gasteiger partial charge is 0.134 e. The van der Waals surface area contributed by atoms with Crippen LogP contribution in [0.15, 0.2) is 33.2 Å². The first kappa shape index (κ1) is 12.2. The fraction of sp³-hybridized carbons (Fsp3) is 0.467. The average Bonchev–Trinajstić information content (AvgIpc) is 2.69. The minimum atomic E-state index is 0.602. The molecule has 2 aromatic rings. The average molecular weight is 308 g/mol. The van der Waals surface area contributed by atoms with Gasteiger partial charge in [-0.15, -0.1) is 0 Å². The summed E-state index contributed by atoms with van der Waals surface area (Å²) in [6, 6.07) is 9.07. The van der Waals surface area contributed by atoms with Crippen molar-refractivity contribution in [3.05, 3.63) is 34.5 Å². The van der Waals surface area contributed by atoms with E-state index in [0.717, 1.165) is 22.4 Å². The molecule has 0 aliphatic heterocycles. The van der Waals surface area contributed by atoms with Crippen LogP contribution in [0.4, 0.5) is 0 Å². The van der Waals surface area contributed by atoms with Gasteiger partial charge >= 0.3 is 0 Å². The fourth-order valence-corrected chi connectivity index (χ4v) is 2.98. The van der Waals surface area contributed by atoms with Gasteiger partial charge in [0.2, 0.25) is 0 Å². The van der Waals surface area contributed by atoms with Gasteiger partial charge in [-0.1, -0.05) is 22.9 Å². The highest BCUT2D eigenvalue weighted by atomic mass is 79.9. The van der Waals surface area contributed by atoms with Crippen LogP contribution in [-0.4, -0.2) is 12.6 Å². The van der Waals surface area contributed by atoms with Crippen molar-refractivity contribution in [2.75, 3.05) is 6.54 Å². The first-order chi connectivity index (χ1) is 8.76. The van der Waals surface area contributed by atoms with Gasteiger partial charge in [-0.3, -0.25) is 0 Å². The lowest BCUT2D eigenvalue weighted by atomic mass is 9.78. The Morgan fingerprint density at radius 3 is 2.94 bits per heavy atom. The van der Waals surface area contributed by atoms with Crippen molar-refractivity contribution < 1.29 is 4.42 Å². The zero-order chi connectivity index (χ0) is 12.5. The van der Waals surface area contributed by atoms with Gasteiger partial charge in [-0.2, -0.15) is 0 Å². The number of rotatable bonds is 4. The summed E-state index contributed by atoms with van der Waals surface area (Å²) in [4.78, 5) is 0. The normalized spacial score (nSPS) is 23.2. The Hall–Kier alpha value is -0.800. The van der Waals surface area contributed by atoms with E-state index in [4.69, 9.17) is 4.42 Å². The molecular weight excluding hydrogens is 290 g/mol. The predicted molar refractivity (Wildman–Crippen MR) is 78.0 cm³/mol. The van der Waals surface area contributed by atoms with Crippen molar-refractivity contribution in [2.24, 2.45) is 0 Å². The molecule has 96 valence electrons. The standard InChI is InChI=1S/C15H18BrNO/c1-2-5-17-13-7-11(8-13)15-9-10-6-12(16)3-4-14(10)18-15/h3-4,6,9,11,13,17H,2,5,7-8H2,1H3. The number of fused-ring (bicyclic) bond motifs is 1. The summed E-state index contributed by atoms with van der Waals surface area (Å²) in [6.07, 6.45) is 3.63. The first-order valence-electron chi connectivity index (χ1n) is 6.68. The second-order valence-electron chi connectivity index (χ2n) is 5.15. The van der Waals surface area contributed by atoms with E-state index in [1.54, 1.807) is 0 Å². The van der Waals surface area contributed by atoms with Crippen LogP contribution >= 0.6 is 15.9 Å². The van der Waals surface area contributed by atoms with Crippen LogP contribution in [0.25, 0.3) is 11.0 Å². The lowest BCUT2D eigenvalue weighted by Gasteiger charge is -2.34. The molecule has 0 unspecified atom stereocenters. The van der Waals surface area contributed by atoms with Gasteiger partial charge in [-0.25, -0.2) is 0 Å². The lowest BCUT2D eigenvalue weighted by molar-refractivity contribution is 0.263. The zero-order valence-electron chi connectivity index (χ0n) is 10.6. The van der Waals surface area contributed by atoms with Gasteiger partial charge in [0.25, 0.3) is 0 Å². The van der Waals surface area contributed by atoms with Crippen LogP contribution in [0.2, 0.25) is 0 Å². The highest BCUT2D eigenvalue weighted by Gasteiger charge is 2.32. The van der Waals surface area contributed by atoms with E-state index in [2.05, 4.69) is 40.3 Å². The molecule has 1 aromatic heterocycles. The molecule has 1 aliphatic carbocycles. The molecular formula is C15H18BrNO. The number of benzene rings is 1. The molecule has 0 saturated heterocycles. The molecule has 0 spiro atoms. The number of hydrogen-bond donors (Lipinski definition) is 1. The molecule has 1 saturated carbocycles. The summed E-state index contributed by atoms with van der Waals surface area (Å²) in [5, 5.41) is 4.76. The molecule has 1 aromatic carbocycles. The van der Waals surface area contributed by atoms with E-state index >= 15 is 0 Å². The van der Waals surface area contributed by atoms with Crippen molar-refractivity contribution in [3.63, 3.8) is 0 Å². The second-order valence-corrected chi connectivity index (χ2v) is 6.07. The monoisotopic (exact) mass is 307 g/mol. The third-order valence-corrected chi connectivity index (χ3v) is 4.21. The van der Waals surface area contributed by atoms with Crippen LogP contribution in [0.3, 0.4) is 0 Å². The van der Waals surface area contributed by atoms with E-state index < -0.39 is 0 Å². The first-order valence-corrected chi connectivity index (χ1v) is 7.48. The Balaban J connectivity index is 1.69. The Labute approximate surface area is 116 Å². The quantitative estimate of drug-likeness (QED) is 0.903. The largest absolute Gasteiger partial charge is 0.461 e. The second kappa shape index (κ2) is 5.06. The van der Waals surface area contributed by atoms with Gasteiger partial charge in [0.1, 0.15) is 11.3 Å². The minimum absolute atomic E-state index is 0.602. The van der Waals surface area contributed by atoms with E-state index in [1.807, 2.05) is 12.1 Å². The molecule has 1 N–H and O–H groups in total. The third-order valence-electron chi connectivity index (χ3n) is 3.72. The molecule has 0 amide bonds. The van der Waals surface area contributed by atoms with Crippen LogP contribution in [0, 0.1) is 0 Å². The van der Waals surface area contributed by atoms with Crippen LogP contribution < -0.4 is 5.32 Å². The van der Waals surface area contributed by atoms with Gasteiger partial charge in [0.05, 0.1) is 0 Å². The molecule has 1 aliphatic rings. The predicted octanol–water partition coefficient (Wildman–Crippen LogP) is 4.44. The van der Waals surface area contributed by atoms with Crippen molar-refractivity contribution in [3.8, 4) is 0 Å². The maximum absolute atomic E-state index is 5.93. The third kappa shape index (κ3) is 2.34. The van der Waals surface area contributed by atoms with Crippen molar-refractivity contribution in [1.82, 2.24) is 5.32 Å². The van der Waals surface area contributed by atoms with E-state index in [1.165, 1.54) is 24.6 Å². The minimum Gasteiger partial charge on any atom is -0.461 e. The van der Waals surface area contributed by atoms with Crippen LogP contribution in [0.5, 0.6) is 0 Å². The SMILES string of the molecule is CCCNC1CC(c2cc3cc(Br)ccc3o2)C1. The van der Waals surface area contributed by atoms with Gasteiger partial charge < -0.3 is 9.73 Å². The summed E-state index contributed by atoms with van der Waals surface area (Å²) in [7, 11) is 0. The number of hydrogen-bond acceptors (Lipinski definition) is 2. The Morgan fingerprint density at radius 2 is 2.17 bits per heavy atom. The molecule has 0 atom stereocenters. The molecule has 1 heterocycles.